The van der Waals surface area contributed by atoms with Crippen molar-refractivity contribution in [3.8, 4) is 0 Å². The van der Waals surface area contributed by atoms with Gasteiger partial charge in [-0.2, -0.15) is 0 Å². The highest BCUT2D eigenvalue weighted by Gasteiger charge is 2.62. The van der Waals surface area contributed by atoms with Gasteiger partial charge in [-0.05, 0) is 31.0 Å². The lowest BCUT2D eigenvalue weighted by atomic mass is 9.73. The molecular formula is C19H24ClN3O3. The van der Waals surface area contributed by atoms with E-state index in [1.165, 1.54) is 0 Å². The minimum atomic E-state index is -0.135. The summed E-state index contributed by atoms with van der Waals surface area (Å²) in [7, 11) is 1.66. The summed E-state index contributed by atoms with van der Waals surface area (Å²) in [5.41, 5.74) is 0.438. The summed E-state index contributed by atoms with van der Waals surface area (Å²) in [6.45, 7) is 2.66. The number of rotatable bonds is 5. The number of amides is 2. The maximum Gasteiger partial charge on any atom is 0.251 e. The van der Waals surface area contributed by atoms with Crippen molar-refractivity contribution in [2.45, 2.75) is 24.5 Å². The van der Waals surface area contributed by atoms with Crippen molar-refractivity contribution >= 4 is 23.4 Å². The molecule has 0 saturated carbocycles. The summed E-state index contributed by atoms with van der Waals surface area (Å²) >= 11 is 5.97. The monoisotopic (exact) mass is 377 g/mol. The second-order valence-electron chi connectivity index (χ2n) is 7.59. The number of carbonyl (C=O) groups is 2. The minimum absolute atomic E-state index is 0.0294. The number of carbonyl (C=O) groups excluding carboxylic acids is 2. The largest absolute Gasteiger partial charge is 0.370 e. The molecule has 3 fully saturated rings. The van der Waals surface area contributed by atoms with Crippen LogP contribution in [0, 0.1) is 11.8 Å². The zero-order valence-electron chi connectivity index (χ0n) is 14.8. The lowest BCUT2D eigenvalue weighted by Gasteiger charge is -2.29. The average Bonchev–Trinajstić information content (AvgIpc) is 3.27. The van der Waals surface area contributed by atoms with E-state index in [9.17, 15) is 9.59 Å². The van der Waals surface area contributed by atoms with Crippen molar-refractivity contribution in [2.24, 2.45) is 11.8 Å². The third kappa shape index (κ3) is 3.10. The lowest BCUT2D eigenvalue weighted by molar-refractivity contribution is -0.121. The van der Waals surface area contributed by atoms with Crippen molar-refractivity contribution < 1.29 is 14.3 Å². The van der Waals surface area contributed by atoms with E-state index in [1.807, 2.05) is 0 Å². The number of hydrogen-bond acceptors (Lipinski definition) is 4. The van der Waals surface area contributed by atoms with Gasteiger partial charge in [-0.25, -0.2) is 0 Å². The Morgan fingerprint density at radius 1 is 1.42 bits per heavy atom. The van der Waals surface area contributed by atoms with E-state index in [4.69, 9.17) is 16.3 Å². The van der Waals surface area contributed by atoms with E-state index < -0.39 is 0 Å². The summed E-state index contributed by atoms with van der Waals surface area (Å²) < 4.78 is 6.35. The van der Waals surface area contributed by atoms with Gasteiger partial charge < -0.3 is 15.4 Å². The maximum absolute atomic E-state index is 12.4. The SMILES string of the molecule is CNC(=O)CN1C[C@@H]2[C@H](CNC(=O)c3cccc(Cl)c3)[C@H]3CC[C@]2(C1)O3. The van der Waals surface area contributed by atoms with Crippen molar-refractivity contribution in [2.75, 3.05) is 33.2 Å². The fraction of sp³-hybridized carbons (Fsp3) is 0.579. The van der Waals surface area contributed by atoms with Crippen LogP contribution in [-0.4, -0.2) is 61.6 Å². The van der Waals surface area contributed by atoms with E-state index >= 15 is 0 Å². The van der Waals surface area contributed by atoms with Gasteiger partial charge in [0.25, 0.3) is 5.91 Å². The molecule has 7 heteroatoms. The average molecular weight is 378 g/mol. The molecule has 0 radical (unpaired) electrons. The number of likely N-dealkylation sites (N-methyl/N-ethyl adjacent to an activating group) is 1. The predicted octanol–water partition coefficient (Wildman–Crippen LogP) is 1.30. The number of benzene rings is 1. The van der Waals surface area contributed by atoms with Crippen LogP contribution < -0.4 is 10.6 Å². The fourth-order valence-electron chi connectivity index (χ4n) is 4.90. The molecular weight excluding hydrogens is 354 g/mol. The minimum Gasteiger partial charge on any atom is -0.370 e. The molecule has 1 aromatic carbocycles. The summed E-state index contributed by atoms with van der Waals surface area (Å²) in [6, 6.07) is 6.98. The normalized spacial score (nSPS) is 32.5. The van der Waals surface area contributed by atoms with Crippen molar-refractivity contribution in [3.63, 3.8) is 0 Å². The zero-order valence-corrected chi connectivity index (χ0v) is 15.6. The van der Waals surface area contributed by atoms with Crippen LogP contribution in [0.4, 0.5) is 0 Å². The molecule has 3 aliphatic heterocycles. The molecule has 2 amide bonds. The first-order valence-corrected chi connectivity index (χ1v) is 9.53. The van der Waals surface area contributed by atoms with Crippen LogP contribution in [0.15, 0.2) is 24.3 Å². The van der Waals surface area contributed by atoms with E-state index in [0.29, 0.717) is 35.5 Å². The van der Waals surface area contributed by atoms with E-state index in [2.05, 4.69) is 15.5 Å². The summed E-state index contributed by atoms with van der Waals surface area (Å²) in [5.74, 6) is 0.582. The number of ether oxygens (including phenoxy) is 1. The molecule has 0 unspecified atom stereocenters. The molecule has 3 saturated heterocycles. The van der Waals surface area contributed by atoms with Crippen LogP contribution in [0.5, 0.6) is 0 Å². The Labute approximate surface area is 158 Å². The second kappa shape index (κ2) is 6.83. The number of halogens is 1. The quantitative estimate of drug-likeness (QED) is 0.811. The number of fused-ring (bicyclic) bond motifs is 1. The van der Waals surface area contributed by atoms with Gasteiger partial charge in [0.1, 0.15) is 0 Å². The van der Waals surface area contributed by atoms with E-state index in [0.717, 1.165) is 25.9 Å². The van der Waals surface area contributed by atoms with E-state index in [-0.39, 0.29) is 23.5 Å². The molecule has 0 aromatic heterocycles. The predicted molar refractivity (Wildman–Crippen MR) is 98.1 cm³/mol. The highest BCUT2D eigenvalue weighted by Crippen LogP contribution is 2.54. The van der Waals surface area contributed by atoms with Crippen LogP contribution in [-0.2, 0) is 9.53 Å². The number of nitrogens with one attached hydrogen (secondary N) is 2. The highest BCUT2D eigenvalue weighted by atomic mass is 35.5. The van der Waals surface area contributed by atoms with Gasteiger partial charge >= 0.3 is 0 Å². The van der Waals surface area contributed by atoms with Crippen LogP contribution in [0.25, 0.3) is 0 Å². The fourth-order valence-corrected chi connectivity index (χ4v) is 5.09. The van der Waals surface area contributed by atoms with Gasteiger partial charge in [-0.3, -0.25) is 14.5 Å². The molecule has 1 aromatic rings. The van der Waals surface area contributed by atoms with Gasteiger partial charge in [-0.1, -0.05) is 17.7 Å². The second-order valence-corrected chi connectivity index (χ2v) is 8.03. The first-order chi connectivity index (χ1) is 12.5. The van der Waals surface area contributed by atoms with Crippen molar-refractivity contribution in [1.29, 1.82) is 0 Å². The molecule has 0 aliphatic carbocycles. The van der Waals surface area contributed by atoms with Gasteiger partial charge in [0.05, 0.1) is 18.2 Å². The maximum atomic E-state index is 12.4. The molecule has 4 rings (SSSR count). The molecule has 140 valence electrons. The number of nitrogens with zero attached hydrogens (tertiary/aromatic N) is 1. The third-order valence-electron chi connectivity index (χ3n) is 6.09. The third-order valence-corrected chi connectivity index (χ3v) is 6.32. The standard InChI is InChI=1S/C19H24ClN3O3/c1-21-17(24)10-23-9-15-14(16-5-6-19(15,11-23)26-16)8-22-18(25)12-3-2-4-13(20)7-12/h2-4,7,14-16H,5-6,8-11H2,1H3,(H,21,24)(H,22,25)/t14-,15+,16+,19+/m0/s1. The first kappa shape index (κ1) is 17.8. The Morgan fingerprint density at radius 2 is 2.27 bits per heavy atom. The Bertz CT molecular complexity index is 728. The van der Waals surface area contributed by atoms with Gasteiger partial charge in [-0.15, -0.1) is 0 Å². The molecule has 3 aliphatic rings. The van der Waals surface area contributed by atoms with Crippen LogP contribution in [0.1, 0.15) is 23.2 Å². The van der Waals surface area contributed by atoms with E-state index in [1.54, 1.807) is 31.3 Å². The van der Waals surface area contributed by atoms with Gasteiger partial charge in [0, 0.05) is 49.1 Å². The lowest BCUT2D eigenvalue weighted by Crippen LogP contribution is -2.41. The topological polar surface area (TPSA) is 70.7 Å². The Kier molecular flexibility index (Phi) is 4.67. The number of hydrogen-bond donors (Lipinski definition) is 2. The molecule has 2 bridgehead atoms. The van der Waals surface area contributed by atoms with Gasteiger partial charge in [0.15, 0.2) is 0 Å². The molecule has 6 nitrogen and oxygen atoms in total. The molecule has 1 spiro atoms. The summed E-state index contributed by atoms with van der Waals surface area (Å²) in [6.07, 6.45) is 2.29. The van der Waals surface area contributed by atoms with Crippen LogP contribution in [0.3, 0.4) is 0 Å². The number of likely N-dealkylation sites (tertiary alicyclic amines) is 1. The Balaban J connectivity index is 1.40. The van der Waals surface area contributed by atoms with Crippen LogP contribution >= 0.6 is 11.6 Å². The Morgan fingerprint density at radius 3 is 3.04 bits per heavy atom. The highest BCUT2D eigenvalue weighted by molar-refractivity contribution is 6.30. The van der Waals surface area contributed by atoms with Crippen molar-refractivity contribution in [1.82, 2.24) is 15.5 Å². The molecule has 3 heterocycles. The summed E-state index contributed by atoms with van der Waals surface area (Å²) in [5, 5.41) is 6.29. The summed E-state index contributed by atoms with van der Waals surface area (Å²) in [4.78, 5) is 26.3. The Hall–Kier alpha value is -1.63. The zero-order chi connectivity index (χ0) is 18.3. The molecule has 4 atom stereocenters. The first-order valence-electron chi connectivity index (χ1n) is 9.15. The van der Waals surface area contributed by atoms with Crippen molar-refractivity contribution in [3.05, 3.63) is 34.9 Å². The smallest absolute Gasteiger partial charge is 0.251 e. The molecule has 26 heavy (non-hydrogen) atoms. The molecule has 2 N–H and O–H groups in total. The van der Waals surface area contributed by atoms with Gasteiger partial charge in [0.2, 0.25) is 5.91 Å². The van der Waals surface area contributed by atoms with Crippen LogP contribution in [0.2, 0.25) is 5.02 Å².